The normalized spacial score (nSPS) is 17.5. The van der Waals surface area contributed by atoms with Gasteiger partial charge in [-0.15, -0.1) is 0 Å². The summed E-state index contributed by atoms with van der Waals surface area (Å²) in [5.41, 5.74) is 0.725. The molecule has 158 valence electrons. The Morgan fingerprint density at radius 3 is 2.64 bits per heavy atom. The van der Waals surface area contributed by atoms with Gasteiger partial charge in [0.25, 0.3) is 5.91 Å². The molecule has 0 aromatic heterocycles. The summed E-state index contributed by atoms with van der Waals surface area (Å²) in [6.45, 7) is 8.91. The molecule has 1 aromatic carbocycles. The first-order valence-electron chi connectivity index (χ1n) is 10.1. The zero-order valence-electron chi connectivity index (χ0n) is 17.4. The average molecular weight is 412 g/mol. The first-order valence-corrected chi connectivity index (χ1v) is 11.7. The number of ether oxygens (including phenoxy) is 1. The van der Waals surface area contributed by atoms with Gasteiger partial charge in [0.2, 0.25) is 0 Å². The maximum Gasteiger partial charge on any atom is 0.255 e. The van der Waals surface area contributed by atoms with Crippen LogP contribution in [0, 0.1) is 0 Å². The fourth-order valence-electron chi connectivity index (χ4n) is 3.57. The van der Waals surface area contributed by atoms with Gasteiger partial charge in [0.05, 0.1) is 29.0 Å². The van der Waals surface area contributed by atoms with Crippen LogP contribution in [0.2, 0.25) is 0 Å². The first-order chi connectivity index (χ1) is 13.4. The number of anilines is 1. The Morgan fingerprint density at radius 2 is 2.04 bits per heavy atom. The molecule has 0 bridgehead atoms. The molecule has 1 heterocycles. The van der Waals surface area contributed by atoms with Crippen LogP contribution in [0.1, 0.15) is 50.4 Å². The van der Waals surface area contributed by atoms with E-state index in [1.54, 1.807) is 13.0 Å². The molecule has 1 saturated heterocycles. The van der Waals surface area contributed by atoms with Crippen LogP contribution in [0.5, 0.6) is 5.75 Å². The number of carbonyl (C=O) groups is 1. The summed E-state index contributed by atoms with van der Waals surface area (Å²) in [5.74, 6) is 0.0219. The lowest BCUT2D eigenvalue weighted by Gasteiger charge is -2.23. The topological polar surface area (TPSA) is 87.7 Å². The largest absolute Gasteiger partial charge is 0.496 e. The quantitative estimate of drug-likeness (QED) is 0.615. The van der Waals surface area contributed by atoms with E-state index in [4.69, 9.17) is 4.74 Å². The fourth-order valence-corrected chi connectivity index (χ4v) is 4.64. The smallest absolute Gasteiger partial charge is 0.255 e. The third-order valence-corrected chi connectivity index (χ3v) is 7.00. The number of rotatable bonds is 10. The Kier molecular flexibility index (Phi) is 8.12. The standard InChI is InChI=1S/C20H33N3O4S/c1-5-10-21-17-13-18(27-4)16(12-19(17)28(25,26)7-3)20(24)22-14-15-9-8-11-23(15)6-2/h12-13,15,21H,5-11,14H2,1-4H3,(H,22,24). The molecular weight excluding hydrogens is 378 g/mol. The van der Waals surface area contributed by atoms with Crippen LogP contribution in [0.15, 0.2) is 17.0 Å². The summed E-state index contributed by atoms with van der Waals surface area (Å²) in [4.78, 5) is 15.3. The van der Waals surface area contributed by atoms with Crippen LogP contribution in [0.25, 0.3) is 0 Å². The molecule has 1 fully saturated rings. The van der Waals surface area contributed by atoms with E-state index in [1.807, 2.05) is 6.92 Å². The zero-order valence-corrected chi connectivity index (χ0v) is 18.2. The van der Waals surface area contributed by atoms with Crippen LogP contribution >= 0.6 is 0 Å². The Morgan fingerprint density at radius 1 is 1.29 bits per heavy atom. The maximum absolute atomic E-state index is 12.8. The van der Waals surface area contributed by atoms with Gasteiger partial charge in [0, 0.05) is 25.2 Å². The van der Waals surface area contributed by atoms with Gasteiger partial charge in [-0.25, -0.2) is 8.42 Å². The Bertz CT molecular complexity index is 780. The molecule has 1 aliphatic rings. The van der Waals surface area contributed by atoms with E-state index >= 15 is 0 Å². The molecular formula is C20H33N3O4S. The first kappa shape index (κ1) is 22.5. The molecule has 1 atom stereocenters. The van der Waals surface area contributed by atoms with Gasteiger partial charge in [0.15, 0.2) is 9.84 Å². The molecule has 2 N–H and O–H groups in total. The van der Waals surface area contributed by atoms with Crippen molar-refractivity contribution in [3.05, 3.63) is 17.7 Å². The molecule has 0 spiro atoms. The molecule has 1 amide bonds. The van der Waals surface area contributed by atoms with E-state index in [-0.39, 0.29) is 22.1 Å². The van der Waals surface area contributed by atoms with Gasteiger partial charge in [-0.3, -0.25) is 9.69 Å². The molecule has 0 radical (unpaired) electrons. The predicted molar refractivity (Wildman–Crippen MR) is 112 cm³/mol. The number of nitrogens with one attached hydrogen (secondary N) is 2. The lowest BCUT2D eigenvalue weighted by atomic mass is 10.1. The molecule has 2 rings (SSSR count). The highest BCUT2D eigenvalue weighted by Crippen LogP contribution is 2.31. The molecule has 7 nitrogen and oxygen atoms in total. The molecule has 0 saturated carbocycles. The minimum Gasteiger partial charge on any atom is -0.496 e. The highest BCUT2D eigenvalue weighted by Gasteiger charge is 2.26. The summed E-state index contributed by atoms with van der Waals surface area (Å²) in [7, 11) is -2.00. The predicted octanol–water partition coefficient (Wildman–Crippen LogP) is 2.52. The van der Waals surface area contributed by atoms with Crippen LogP contribution in [-0.4, -0.2) is 64.3 Å². The number of methoxy groups -OCH3 is 1. The maximum atomic E-state index is 12.8. The summed E-state index contributed by atoms with van der Waals surface area (Å²) in [6, 6.07) is 3.38. The van der Waals surface area contributed by atoms with Gasteiger partial charge < -0.3 is 15.4 Å². The molecule has 1 unspecified atom stereocenters. The van der Waals surface area contributed by atoms with E-state index in [2.05, 4.69) is 22.5 Å². The van der Waals surface area contributed by atoms with Gasteiger partial charge in [0.1, 0.15) is 5.75 Å². The van der Waals surface area contributed by atoms with Gasteiger partial charge in [-0.1, -0.05) is 20.8 Å². The van der Waals surface area contributed by atoms with Crippen LogP contribution in [0.3, 0.4) is 0 Å². The third kappa shape index (κ3) is 5.17. The molecule has 1 aliphatic heterocycles. The van der Waals surface area contributed by atoms with Gasteiger partial charge >= 0.3 is 0 Å². The van der Waals surface area contributed by atoms with Crippen molar-refractivity contribution in [2.75, 3.05) is 44.4 Å². The number of hydrogen-bond donors (Lipinski definition) is 2. The zero-order chi connectivity index (χ0) is 20.7. The van der Waals surface area contributed by atoms with Crippen molar-refractivity contribution in [2.24, 2.45) is 0 Å². The summed E-state index contributed by atoms with van der Waals surface area (Å²) < 4.78 is 30.6. The summed E-state index contributed by atoms with van der Waals surface area (Å²) in [6.07, 6.45) is 3.04. The molecule has 28 heavy (non-hydrogen) atoms. The van der Waals surface area contributed by atoms with Crippen LogP contribution in [0.4, 0.5) is 5.69 Å². The number of amides is 1. The number of sulfone groups is 1. The van der Waals surface area contributed by atoms with E-state index < -0.39 is 9.84 Å². The molecule has 0 aliphatic carbocycles. The van der Waals surface area contributed by atoms with Crippen molar-refractivity contribution in [3.8, 4) is 5.75 Å². The number of nitrogens with zero attached hydrogens (tertiary/aromatic N) is 1. The Balaban J connectivity index is 2.31. The highest BCUT2D eigenvalue weighted by atomic mass is 32.2. The molecule has 8 heteroatoms. The average Bonchev–Trinajstić information content (AvgIpc) is 3.17. The SMILES string of the molecule is CCCNc1cc(OC)c(C(=O)NCC2CCCN2CC)cc1S(=O)(=O)CC. The number of hydrogen-bond acceptors (Lipinski definition) is 6. The number of benzene rings is 1. The number of likely N-dealkylation sites (tertiary alicyclic amines) is 1. The second-order valence-electron chi connectivity index (χ2n) is 7.01. The van der Waals surface area contributed by atoms with E-state index in [1.165, 1.54) is 13.2 Å². The minimum absolute atomic E-state index is 0.0330. The lowest BCUT2D eigenvalue weighted by Crippen LogP contribution is -2.40. The van der Waals surface area contributed by atoms with Crippen molar-refractivity contribution in [1.82, 2.24) is 10.2 Å². The monoisotopic (exact) mass is 411 g/mol. The van der Waals surface area contributed by atoms with E-state index in [0.717, 1.165) is 32.4 Å². The Hall–Kier alpha value is -1.80. The van der Waals surface area contributed by atoms with Crippen LogP contribution in [-0.2, 0) is 9.84 Å². The van der Waals surface area contributed by atoms with Gasteiger partial charge in [-0.05, 0) is 38.4 Å². The van der Waals surface area contributed by atoms with Crippen molar-refractivity contribution in [1.29, 1.82) is 0 Å². The third-order valence-electron chi connectivity index (χ3n) is 5.23. The highest BCUT2D eigenvalue weighted by molar-refractivity contribution is 7.91. The Labute approximate surface area is 168 Å². The minimum atomic E-state index is -3.49. The van der Waals surface area contributed by atoms with E-state index in [0.29, 0.717) is 30.6 Å². The van der Waals surface area contributed by atoms with E-state index in [9.17, 15) is 13.2 Å². The fraction of sp³-hybridized carbons (Fsp3) is 0.650. The van der Waals surface area contributed by atoms with Crippen LogP contribution < -0.4 is 15.4 Å². The van der Waals surface area contributed by atoms with Crippen molar-refractivity contribution >= 4 is 21.4 Å². The number of carbonyl (C=O) groups excluding carboxylic acids is 1. The van der Waals surface area contributed by atoms with Crippen molar-refractivity contribution in [2.45, 2.75) is 51.0 Å². The van der Waals surface area contributed by atoms with Gasteiger partial charge in [-0.2, -0.15) is 0 Å². The lowest BCUT2D eigenvalue weighted by molar-refractivity contribution is 0.0938. The summed E-state index contributed by atoms with van der Waals surface area (Å²) >= 11 is 0. The second kappa shape index (κ2) is 10.1. The van der Waals surface area contributed by atoms with Crippen molar-refractivity contribution < 1.29 is 17.9 Å². The van der Waals surface area contributed by atoms with Crippen molar-refractivity contribution in [3.63, 3.8) is 0 Å². The number of likely N-dealkylation sites (N-methyl/N-ethyl adjacent to an activating group) is 1. The summed E-state index contributed by atoms with van der Waals surface area (Å²) in [5, 5.41) is 6.10. The molecule has 1 aromatic rings. The second-order valence-corrected chi connectivity index (χ2v) is 9.26.